The van der Waals surface area contributed by atoms with Gasteiger partial charge >= 0.3 is 0 Å². The third-order valence-electron chi connectivity index (χ3n) is 3.71. The Balaban J connectivity index is 2.56. The smallest absolute Gasteiger partial charge is 0.191 e. The van der Waals surface area contributed by atoms with E-state index in [2.05, 4.69) is 31.9 Å². The maximum Gasteiger partial charge on any atom is 0.191 e. The van der Waals surface area contributed by atoms with E-state index in [0.29, 0.717) is 0 Å². The van der Waals surface area contributed by atoms with Crippen LogP contribution in [0.25, 0.3) is 0 Å². The van der Waals surface area contributed by atoms with Crippen molar-refractivity contribution in [2.75, 3.05) is 0 Å². The molecule has 0 N–H and O–H groups in total. The van der Waals surface area contributed by atoms with E-state index in [1.54, 1.807) is 0 Å². The zero-order valence-electron chi connectivity index (χ0n) is 11.3. The summed E-state index contributed by atoms with van der Waals surface area (Å²) >= 11 is 0. The van der Waals surface area contributed by atoms with Crippen LogP contribution in [0.15, 0.2) is 0 Å². The Morgan fingerprint density at radius 1 is 1.25 bits per heavy atom. The Bertz CT molecular complexity index is 256. The Labute approximate surface area is 102 Å². The van der Waals surface area contributed by atoms with Gasteiger partial charge in [0.25, 0.3) is 0 Å². The largest absolute Gasteiger partial charge is 0.404 e. The summed E-state index contributed by atoms with van der Waals surface area (Å²) in [5.74, 6) is 6.18. The summed E-state index contributed by atoms with van der Waals surface area (Å²) in [6.07, 6.45) is 8.19. The first-order chi connectivity index (χ1) is 7.60. The van der Waals surface area contributed by atoms with Gasteiger partial charge in [-0.15, -0.1) is 5.92 Å². The third-order valence-corrected chi connectivity index (χ3v) is 7.15. The molecule has 0 saturated heterocycles. The van der Waals surface area contributed by atoms with Gasteiger partial charge in [-0.3, -0.25) is 0 Å². The highest BCUT2D eigenvalue weighted by Gasteiger charge is 2.35. The van der Waals surface area contributed by atoms with Crippen molar-refractivity contribution in [1.82, 2.24) is 0 Å². The lowest BCUT2D eigenvalue weighted by Crippen LogP contribution is -2.40. The molecule has 1 rings (SSSR count). The number of rotatable bonds is 4. The average molecular weight is 238 g/mol. The van der Waals surface area contributed by atoms with Crippen molar-refractivity contribution in [2.24, 2.45) is 0 Å². The van der Waals surface area contributed by atoms with Crippen LogP contribution in [0.3, 0.4) is 0 Å². The molecule has 16 heavy (non-hydrogen) atoms. The van der Waals surface area contributed by atoms with Crippen LogP contribution in [0.1, 0.15) is 52.4 Å². The zero-order chi connectivity index (χ0) is 12.0. The fourth-order valence-electron chi connectivity index (χ4n) is 2.64. The summed E-state index contributed by atoms with van der Waals surface area (Å²) in [5.41, 5.74) is 0.856. The zero-order valence-corrected chi connectivity index (χ0v) is 12.3. The van der Waals surface area contributed by atoms with Gasteiger partial charge in [-0.25, -0.2) is 0 Å². The molecule has 1 fully saturated rings. The lowest BCUT2D eigenvalue weighted by molar-refractivity contribution is 0.230. The predicted octanol–water partition coefficient (Wildman–Crippen LogP) is 4.34. The van der Waals surface area contributed by atoms with E-state index in [4.69, 9.17) is 4.43 Å². The summed E-state index contributed by atoms with van der Waals surface area (Å²) in [4.78, 5) is 0. The topological polar surface area (TPSA) is 9.23 Å². The van der Waals surface area contributed by atoms with Crippen molar-refractivity contribution >= 4 is 8.32 Å². The van der Waals surface area contributed by atoms with Crippen molar-refractivity contribution in [3.63, 3.8) is 0 Å². The molecule has 92 valence electrons. The molecule has 0 aliphatic heterocycles. The normalized spacial score (nSPS) is 20.0. The van der Waals surface area contributed by atoms with Gasteiger partial charge in [0.1, 0.15) is 6.10 Å². The van der Waals surface area contributed by atoms with E-state index in [9.17, 15) is 0 Å². The standard InChI is InChI=1S/C14H26OSi/c1-5-10-13(6-2)15-16(3,4)14-11-8-7-9-12-14/h13-14H,6-9,11-12H2,1-4H3. The molecule has 0 heterocycles. The molecule has 0 spiro atoms. The minimum atomic E-state index is -1.53. The van der Waals surface area contributed by atoms with Gasteiger partial charge in [0.05, 0.1) is 0 Å². The summed E-state index contributed by atoms with van der Waals surface area (Å²) in [6, 6.07) is 0. The lowest BCUT2D eigenvalue weighted by Gasteiger charge is -2.36. The van der Waals surface area contributed by atoms with Gasteiger partial charge in [-0.1, -0.05) is 44.9 Å². The van der Waals surface area contributed by atoms with Gasteiger partial charge in [-0.2, -0.15) is 0 Å². The quantitative estimate of drug-likeness (QED) is 0.523. The highest BCUT2D eigenvalue weighted by Crippen LogP contribution is 2.38. The van der Waals surface area contributed by atoms with Crippen LogP contribution in [0, 0.1) is 11.8 Å². The van der Waals surface area contributed by atoms with Gasteiger partial charge in [0, 0.05) is 0 Å². The second kappa shape index (κ2) is 6.47. The van der Waals surface area contributed by atoms with Crippen molar-refractivity contribution in [2.45, 2.75) is 77.1 Å². The van der Waals surface area contributed by atoms with Crippen molar-refractivity contribution in [1.29, 1.82) is 0 Å². The Kier molecular flexibility index (Phi) is 5.58. The molecular weight excluding hydrogens is 212 g/mol. The van der Waals surface area contributed by atoms with Crippen LogP contribution in [0.4, 0.5) is 0 Å². The van der Waals surface area contributed by atoms with Crippen LogP contribution in [0.5, 0.6) is 0 Å². The van der Waals surface area contributed by atoms with E-state index < -0.39 is 8.32 Å². The number of hydrogen-bond acceptors (Lipinski definition) is 1. The maximum absolute atomic E-state index is 6.33. The molecule has 0 radical (unpaired) electrons. The van der Waals surface area contributed by atoms with Crippen LogP contribution < -0.4 is 0 Å². The molecule has 0 bridgehead atoms. The van der Waals surface area contributed by atoms with E-state index in [0.717, 1.165) is 12.0 Å². The molecular formula is C14H26OSi. The van der Waals surface area contributed by atoms with E-state index >= 15 is 0 Å². The third kappa shape index (κ3) is 3.96. The molecule has 1 unspecified atom stereocenters. The van der Waals surface area contributed by atoms with Crippen molar-refractivity contribution < 1.29 is 4.43 Å². The number of hydrogen-bond donors (Lipinski definition) is 0. The van der Waals surface area contributed by atoms with Crippen LogP contribution in [-0.2, 0) is 4.43 Å². The fraction of sp³-hybridized carbons (Fsp3) is 0.857. The molecule has 1 nitrogen and oxygen atoms in total. The maximum atomic E-state index is 6.33. The van der Waals surface area contributed by atoms with Gasteiger partial charge in [0.2, 0.25) is 0 Å². The molecule has 0 aromatic carbocycles. The second-order valence-electron chi connectivity index (χ2n) is 5.35. The van der Waals surface area contributed by atoms with E-state index in [1.165, 1.54) is 32.1 Å². The van der Waals surface area contributed by atoms with Gasteiger partial charge in [-0.05, 0) is 32.0 Å². The average Bonchev–Trinajstić information content (AvgIpc) is 2.29. The Morgan fingerprint density at radius 3 is 2.38 bits per heavy atom. The van der Waals surface area contributed by atoms with Crippen LogP contribution >= 0.6 is 0 Å². The molecule has 1 aliphatic carbocycles. The SMILES string of the molecule is CC#CC(CC)O[Si](C)(C)C1CCCCC1. The van der Waals surface area contributed by atoms with E-state index in [1.807, 2.05) is 6.92 Å². The first-order valence-corrected chi connectivity index (χ1v) is 9.68. The molecule has 1 saturated carbocycles. The monoisotopic (exact) mass is 238 g/mol. The second-order valence-corrected chi connectivity index (χ2v) is 9.61. The molecule has 1 aliphatic rings. The molecule has 2 heteroatoms. The predicted molar refractivity (Wildman–Crippen MR) is 72.9 cm³/mol. The molecule has 0 aromatic heterocycles. The van der Waals surface area contributed by atoms with Crippen LogP contribution in [0.2, 0.25) is 18.6 Å². The molecule has 0 aromatic rings. The summed E-state index contributed by atoms with van der Waals surface area (Å²) in [5, 5.41) is 0. The van der Waals surface area contributed by atoms with Gasteiger partial charge < -0.3 is 4.43 Å². The van der Waals surface area contributed by atoms with Gasteiger partial charge in [0.15, 0.2) is 8.32 Å². The minimum Gasteiger partial charge on any atom is -0.404 e. The highest BCUT2D eigenvalue weighted by molar-refractivity contribution is 6.72. The fourth-order valence-corrected chi connectivity index (χ4v) is 5.59. The van der Waals surface area contributed by atoms with Crippen molar-refractivity contribution in [3.05, 3.63) is 0 Å². The van der Waals surface area contributed by atoms with Crippen molar-refractivity contribution in [3.8, 4) is 11.8 Å². The summed E-state index contributed by atoms with van der Waals surface area (Å²) in [7, 11) is -1.53. The molecule has 1 atom stereocenters. The van der Waals surface area contributed by atoms with E-state index in [-0.39, 0.29) is 6.10 Å². The minimum absolute atomic E-state index is 0.175. The Morgan fingerprint density at radius 2 is 1.88 bits per heavy atom. The first kappa shape index (κ1) is 13.8. The molecule has 0 amide bonds. The summed E-state index contributed by atoms with van der Waals surface area (Å²) in [6.45, 7) is 8.83. The van der Waals surface area contributed by atoms with Crippen LogP contribution in [-0.4, -0.2) is 14.4 Å². The Hall–Kier alpha value is -0.263. The first-order valence-electron chi connectivity index (χ1n) is 6.70. The summed E-state index contributed by atoms with van der Waals surface area (Å²) < 4.78 is 6.33. The lowest BCUT2D eigenvalue weighted by atomic mass is 10.0. The highest BCUT2D eigenvalue weighted by atomic mass is 28.4.